The molecule has 92 valence electrons. The van der Waals surface area contributed by atoms with Crippen LogP contribution in [0.1, 0.15) is 38.4 Å². The van der Waals surface area contributed by atoms with Crippen LogP contribution in [0.4, 0.5) is 5.82 Å². The number of anilines is 1. The first kappa shape index (κ1) is 11.6. The van der Waals surface area contributed by atoms with Crippen LogP contribution in [0.2, 0.25) is 0 Å². The molecule has 1 aromatic rings. The predicted octanol–water partition coefficient (Wildman–Crippen LogP) is 0.323. The van der Waals surface area contributed by atoms with Crippen molar-refractivity contribution in [3.8, 4) is 0 Å². The molecular formula is C11H16N4O2. The third kappa shape index (κ3) is 2.64. The average Bonchev–Trinajstić information content (AvgIpc) is 2.98. The van der Waals surface area contributed by atoms with E-state index in [1.165, 1.54) is 6.07 Å². The zero-order valence-electron chi connectivity index (χ0n) is 9.91. The van der Waals surface area contributed by atoms with E-state index in [0.717, 1.165) is 12.8 Å². The van der Waals surface area contributed by atoms with Gasteiger partial charge in [-0.05, 0) is 26.7 Å². The van der Waals surface area contributed by atoms with Crippen LogP contribution in [0.5, 0.6) is 0 Å². The number of nitrogens with zero attached hydrogens (tertiary/aromatic N) is 1. The van der Waals surface area contributed by atoms with E-state index in [2.05, 4.69) is 15.3 Å². The van der Waals surface area contributed by atoms with Gasteiger partial charge in [-0.25, -0.2) is 4.98 Å². The Morgan fingerprint density at radius 2 is 2.24 bits per heavy atom. The largest absolute Gasteiger partial charge is 0.368 e. The monoisotopic (exact) mass is 236 g/mol. The van der Waals surface area contributed by atoms with Crippen LogP contribution < -0.4 is 16.6 Å². The van der Waals surface area contributed by atoms with E-state index in [1.807, 2.05) is 0 Å². The maximum Gasteiger partial charge on any atom is 0.252 e. The van der Waals surface area contributed by atoms with Crippen LogP contribution in [0.3, 0.4) is 0 Å². The van der Waals surface area contributed by atoms with Gasteiger partial charge in [-0.1, -0.05) is 0 Å². The molecule has 0 spiro atoms. The maximum absolute atomic E-state index is 11.4. The lowest BCUT2D eigenvalue weighted by atomic mass is 10.1. The van der Waals surface area contributed by atoms with Crippen molar-refractivity contribution in [3.63, 3.8) is 0 Å². The molecule has 0 atom stereocenters. The van der Waals surface area contributed by atoms with Crippen molar-refractivity contribution >= 4 is 11.7 Å². The summed E-state index contributed by atoms with van der Waals surface area (Å²) >= 11 is 0. The Hall–Kier alpha value is -1.85. The highest BCUT2D eigenvalue weighted by atomic mass is 16.1. The van der Waals surface area contributed by atoms with Crippen LogP contribution in [0.15, 0.2) is 10.9 Å². The molecule has 1 fully saturated rings. The number of rotatable bonds is 4. The molecule has 1 amide bonds. The number of carbonyl (C=O) groups excluding carboxylic acids is 1. The van der Waals surface area contributed by atoms with Gasteiger partial charge >= 0.3 is 0 Å². The Balaban J connectivity index is 2.26. The second kappa shape index (κ2) is 3.87. The summed E-state index contributed by atoms with van der Waals surface area (Å²) in [6.07, 6.45) is 2.09. The highest BCUT2D eigenvalue weighted by molar-refractivity contribution is 5.86. The Bertz CT molecular complexity index is 502. The maximum atomic E-state index is 11.4. The third-order valence-corrected chi connectivity index (χ3v) is 2.78. The first-order valence-corrected chi connectivity index (χ1v) is 5.58. The molecule has 0 bridgehead atoms. The summed E-state index contributed by atoms with van der Waals surface area (Å²) in [6, 6.07) is 1.33. The average molecular weight is 236 g/mol. The van der Waals surface area contributed by atoms with Gasteiger partial charge < -0.3 is 16.0 Å². The molecule has 0 aliphatic heterocycles. The number of primary amides is 1. The van der Waals surface area contributed by atoms with Gasteiger partial charge in [0.25, 0.3) is 5.56 Å². The fourth-order valence-corrected chi connectivity index (χ4v) is 1.47. The Labute approximate surface area is 98.6 Å². The number of hydrogen-bond donors (Lipinski definition) is 3. The lowest BCUT2D eigenvalue weighted by Crippen LogP contribution is -2.45. The molecule has 1 saturated carbocycles. The van der Waals surface area contributed by atoms with E-state index in [-0.39, 0.29) is 5.56 Å². The van der Waals surface area contributed by atoms with E-state index in [9.17, 15) is 9.59 Å². The molecule has 1 aromatic heterocycles. The highest BCUT2D eigenvalue weighted by Crippen LogP contribution is 2.37. The van der Waals surface area contributed by atoms with Crippen molar-refractivity contribution in [2.24, 2.45) is 5.73 Å². The van der Waals surface area contributed by atoms with E-state index in [4.69, 9.17) is 5.73 Å². The summed E-state index contributed by atoms with van der Waals surface area (Å²) in [5, 5.41) is 2.88. The van der Waals surface area contributed by atoms with Crippen LogP contribution in [0.25, 0.3) is 0 Å². The normalized spacial score (nSPS) is 15.6. The second-order valence-corrected chi connectivity index (χ2v) is 4.90. The minimum atomic E-state index is -0.929. The molecule has 4 N–H and O–H groups in total. The molecule has 6 heteroatoms. The van der Waals surface area contributed by atoms with E-state index < -0.39 is 11.4 Å². The van der Waals surface area contributed by atoms with Gasteiger partial charge in [-0.15, -0.1) is 0 Å². The zero-order valence-corrected chi connectivity index (χ0v) is 9.91. The van der Waals surface area contributed by atoms with Crippen LogP contribution in [-0.2, 0) is 4.79 Å². The molecule has 17 heavy (non-hydrogen) atoms. The summed E-state index contributed by atoms with van der Waals surface area (Å²) in [7, 11) is 0. The van der Waals surface area contributed by atoms with Gasteiger partial charge in [0.2, 0.25) is 5.91 Å². The van der Waals surface area contributed by atoms with Gasteiger partial charge in [0.1, 0.15) is 17.2 Å². The van der Waals surface area contributed by atoms with Gasteiger partial charge in [0.05, 0.1) is 0 Å². The van der Waals surface area contributed by atoms with Gasteiger partial charge in [-0.2, -0.15) is 0 Å². The van der Waals surface area contributed by atoms with Crippen LogP contribution >= 0.6 is 0 Å². The molecule has 2 rings (SSSR count). The van der Waals surface area contributed by atoms with Crippen molar-refractivity contribution in [2.75, 3.05) is 5.32 Å². The summed E-state index contributed by atoms with van der Waals surface area (Å²) in [5.41, 5.74) is 4.10. The van der Waals surface area contributed by atoms with Gasteiger partial charge in [0, 0.05) is 12.0 Å². The molecule has 6 nitrogen and oxygen atoms in total. The molecule has 0 unspecified atom stereocenters. The van der Waals surface area contributed by atoms with Crippen molar-refractivity contribution in [2.45, 2.75) is 38.1 Å². The smallest absolute Gasteiger partial charge is 0.252 e. The first-order valence-electron chi connectivity index (χ1n) is 5.58. The SMILES string of the molecule is CC(C)(Nc1cc(=O)[nH]c(C2CC2)n1)C(N)=O. The highest BCUT2D eigenvalue weighted by Gasteiger charge is 2.28. The van der Waals surface area contributed by atoms with E-state index in [1.54, 1.807) is 13.8 Å². The number of aromatic nitrogens is 2. The molecule has 1 heterocycles. The topological polar surface area (TPSA) is 101 Å². The van der Waals surface area contributed by atoms with Crippen molar-refractivity contribution in [3.05, 3.63) is 22.2 Å². The Morgan fingerprint density at radius 1 is 1.59 bits per heavy atom. The number of aromatic amines is 1. The molecular weight excluding hydrogens is 220 g/mol. The molecule has 1 aliphatic rings. The Morgan fingerprint density at radius 3 is 2.76 bits per heavy atom. The lowest BCUT2D eigenvalue weighted by Gasteiger charge is -2.22. The van der Waals surface area contributed by atoms with Crippen molar-refractivity contribution < 1.29 is 4.79 Å². The van der Waals surface area contributed by atoms with Crippen LogP contribution in [-0.4, -0.2) is 21.4 Å². The Kier molecular flexibility index (Phi) is 2.65. The fourth-order valence-electron chi connectivity index (χ4n) is 1.47. The number of amides is 1. The second-order valence-electron chi connectivity index (χ2n) is 4.90. The quantitative estimate of drug-likeness (QED) is 0.700. The summed E-state index contributed by atoms with van der Waals surface area (Å²) in [5.74, 6) is 0.924. The number of H-pyrrole nitrogens is 1. The molecule has 0 radical (unpaired) electrons. The molecule has 0 aromatic carbocycles. The summed E-state index contributed by atoms with van der Waals surface area (Å²) in [6.45, 7) is 3.30. The standard InChI is InChI=1S/C11H16N4O2/c1-11(2,10(12)17)15-7-5-8(16)14-9(13-7)6-3-4-6/h5-6H,3-4H2,1-2H3,(H2,12,17)(H2,13,14,15,16). The molecule has 1 aliphatic carbocycles. The minimum Gasteiger partial charge on any atom is -0.368 e. The molecule has 0 saturated heterocycles. The van der Waals surface area contributed by atoms with Gasteiger partial charge in [-0.3, -0.25) is 9.59 Å². The minimum absolute atomic E-state index is 0.218. The summed E-state index contributed by atoms with van der Waals surface area (Å²) in [4.78, 5) is 29.6. The number of nitrogens with two attached hydrogens (primary N) is 1. The van der Waals surface area contributed by atoms with Crippen molar-refractivity contribution in [1.29, 1.82) is 0 Å². The third-order valence-electron chi connectivity index (χ3n) is 2.78. The van der Waals surface area contributed by atoms with Crippen LogP contribution in [0, 0.1) is 0 Å². The van der Waals surface area contributed by atoms with Crippen molar-refractivity contribution in [1.82, 2.24) is 9.97 Å². The number of carbonyl (C=O) groups is 1. The number of nitrogens with one attached hydrogen (secondary N) is 2. The van der Waals surface area contributed by atoms with E-state index in [0.29, 0.717) is 17.6 Å². The van der Waals surface area contributed by atoms with E-state index >= 15 is 0 Å². The lowest BCUT2D eigenvalue weighted by molar-refractivity contribution is -0.121. The van der Waals surface area contributed by atoms with Gasteiger partial charge in [0.15, 0.2) is 0 Å². The number of hydrogen-bond acceptors (Lipinski definition) is 4. The zero-order chi connectivity index (χ0) is 12.6. The first-order chi connectivity index (χ1) is 7.88. The summed E-state index contributed by atoms with van der Waals surface area (Å²) < 4.78 is 0. The fraction of sp³-hybridized carbons (Fsp3) is 0.545. The predicted molar refractivity (Wildman–Crippen MR) is 63.7 cm³/mol.